The highest BCUT2D eigenvalue weighted by Crippen LogP contribution is 2.17. The third-order valence-corrected chi connectivity index (χ3v) is 2.78. The van der Waals surface area contributed by atoms with E-state index >= 15 is 0 Å². The molecule has 5 nitrogen and oxygen atoms in total. The van der Waals surface area contributed by atoms with Crippen LogP contribution in [-0.2, 0) is 4.74 Å². The standard InChI is InChI=1S/C11H14N4O/c1-8-12-9-2-3-10(14-11(9)13-8)15-4-6-16-7-5-15/h2-3H,4-7H2,1H3,(H,12,13,14). The first kappa shape index (κ1) is 9.59. The van der Waals surface area contributed by atoms with E-state index in [1.165, 1.54) is 0 Å². The molecule has 0 atom stereocenters. The summed E-state index contributed by atoms with van der Waals surface area (Å²) in [6.45, 7) is 5.30. The number of pyridine rings is 1. The van der Waals surface area contributed by atoms with Gasteiger partial charge < -0.3 is 14.6 Å². The first-order chi connectivity index (χ1) is 7.83. The van der Waals surface area contributed by atoms with E-state index in [-0.39, 0.29) is 0 Å². The van der Waals surface area contributed by atoms with Crippen LogP contribution in [0.4, 0.5) is 5.82 Å². The third kappa shape index (κ3) is 1.63. The van der Waals surface area contributed by atoms with Crippen LogP contribution >= 0.6 is 0 Å². The number of morpholine rings is 1. The highest BCUT2D eigenvalue weighted by molar-refractivity contribution is 5.73. The van der Waals surface area contributed by atoms with Gasteiger partial charge in [0.1, 0.15) is 11.6 Å². The van der Waals surface area contributed by atoms with Crippen LogP contribution in [0.15, 0.2) is 12.1 Å². The zero-order valence-corrected chi connectivity index (χ0v) is 9.23. The van der Waals surface area contributed by atoms with Gasteiger partial charge in [-0.2, -0.15) is 0 Å². The van der Waals surface area contributed by atoms with Gasteiger partial charge >= 0.3 is 0 Å². The molecule has 5 heteroatoms. The van der Waals surface area contributed by atoms with Crippen molar-refractivity contribution in [3.63, 3.8) is 0 Å². The molecule has 1 saturated heterocycles. The summed E-state index contributed by atoms with van der Waals surface area (Å²) >= 11 is 0. The van der Waals surface area contributed by atoms with Gasteiger partial charge in [0.05, 0.1) is 18.7 Å². The molecule has 0 aromatic carbocycles. The van der Waals surface area contributed by atoms with Crippen molar-refractivity contribution in [2.75, 3.05) is 31.2 Å². The Balaban J connectivity index is 1.97. The maximum atomic E-state index is 5.32. The smallest absolute Gasteiger partial charge is 0.179 e. The predicted octanol–water partition coefficient (Wildman–Crippen LogP) is 1.10. The minimum absolute atomic E-state index is 0.777. The van der Waals surface area contributed by atoms with Crippen LogP contribution in [0.2, 0.25) is 0 Å². The Labute approximate surface area is 93.5 Å². The van der Waals surface area contributed by atoms with E-state index in [0.717, 1.165) is 49.1 Å². The lowest BCUT2D eigenvalue weighted by Gasteiger charge is -2.27. The fraction of sp³-hybridized carbons (Fsp3) is 0.455. The fourth-order valence-electron chi connectivity index (χ4n) is 1.97. The number of fused-ring (bicyclic) bond motifs is 1. The molecule has 0 aliphatic carbocycles. The minimum atomic E-state index is 0.777. The molecule has 1 N–H and O–H groups in total. The fourth-order valence-corrected chi connectivity index (χ4v) is 1.97. The van der Waals surface area contributed by atoms with E-state index in [9.17, 15) is 0 Å². The van der Waals surface area contributed by atoms with Crippen molar-refractivity contribution in [3.8, 4) is 0 Å². The van der Waals surface area contributed by atoms with Gasteiger partial charge in [-0.1, -0.05) is 0 Å². The van der Waals surface area contributed by atoms with E-state index in [4.69, 9.17) is 4.74 Å². The summed E-state index contributed by atoms with van der Waals surface area (Å²) in [7, 11) is 0. The second-order valence-corrected chi connectivity index (χ2v) is 3.96. The van der Waals surface area contributed by atoms with Crippen LogP contribution in [0.5, 0.6) is 0 Å². The van der Waals surface area contributed by atoms with Crippen molar-refractivity contribution < 1.29 is 4.74 Å². The maximum Gasteiger partial charge on any atom is 0.179 e. The molecular formula is C11H14N4O. The molecule has 84 valence electrons. The van der Waals surface area contributed by atoms with Gasteiger partial charge in [-0.05, 0) is 19.1 Å². The van der Waals surface area contributed by atoms with E-state index in [2.05, 4.69) is 19.9 Å². The quantitative estimate of drug-likeness (QED) is 0.778. The Morgan fingerprint density at radius 3 is 2.88 bits per heavy atom. The van der Waals surface area contributed by atoms with Gasteiger partial charge in [-0.3, -0.25) is 0 Å². The number of aromatic amines is 1. The van der Waals surface area contributed by atoms with Gasteiger partial charge in [-0.15, -0.1) is 0 Å². The number of hydrogen-bond acceptors (Lipinski definition) is 4. The SMILES string of the molecule is Cc1nc2nc(N3CCOCC3)ccc2[nH]1. The van der Waals surface area contributed by atoms with Crippen molar-refractivity contribution in [2.45, 2.75) is 6.92 Å². The number of nitrogens with zero attached hydrogens (tertiary/aromatic N) is 3. The normalized spacial score (nSPS) is 16.9. The van der Waals surface area contributed by atoms with Crippen LogP contribution in [0.1, 0.15) is 5.82 Å². The molecule has 0 amide bonds. The van der Waals surface area contributed by atoms with Crippen molar-refractivity contribution in [1.82, 2.24) is 15.0 Å². The Morgan fingerprint density at radius 1 is 1.25 bits per heavy atom. The van der Waals surface area contributed by atoms with Crippen LogP contribution < -0.4 is 4.90 Å². The second-order valence-electron chi connectivity index (χ2n) is 3.96. The molecule has 0 saturated carbocycles. The van der Waals surface area contributed by atoms with Gasteiger partial charge in [0, 0.05) is 13.1 Å². The molecule has 16 heavy (non-hydrogen) atoms. The van der Waals surface area contributed by atoms with Crippen LogP contribution in [0, 0.1) is 6.92 Å². The van der Waals surface area contributed by atoms with Gasteiger partial charge in [0.25, 0.3) is 0 Å². The summed E-state index contributed by atoms with van der Waals surface area (Å²) < 4.78 is 5.32. The lowest BCUT2D eigenvalue weighted by Crippen LogP contribution is -2.36. The van der Waals surface area contributed by atoms with Gasteiger partial charge in [0.15, 0.2) is 5.65 Å². The first-order valence-corrected chi connectivity index (χ1v) is 5.49. The molecule has 0 radical (unpaired) electrons. The molecule has 2 aromatic heterocycles. The third-order valence-electron chi connectivity index (χ3n) is 2.78. The molecule has 1 aliphatic rings. The highest BCUT2D eigenvalue weighted by atomic mass is 16.5. The van der Waals surface area contributed by atoms with Crippen molar-refractivity contribution in [3.05, 3.63) is 18.0 Å². The number of imidazole rings is 1. The zero-order valence-electron chi connectivity index (χ0n) is 9.23. The molecule has 0 spiro atoms. The predicted molar refractivity (Wildman–Crippen MR) is 61.7 cm³/mol. The average molecular weight is 218 g/mol. The number of rotatable bonds is 1. The van der Waals surface area contributed by atoms with E-state index in [1.54, 1.807) is 0 Å². The van der Waals surface area contributed by atoms with Crippen LogP contribution in [-0.4, -0.2) is 41.3 Å². The summed E-state index contributed by atoms with van der Waals surface area (Å²) in [6, 6.07) is 4.07. The molecule has 2 aromatic rings. The lowest BCUT2D eigenvalue weighted by atomic mass is 10.3. The molecule has 1 aliphatic heterocycles. The molecule has 0 bridgehead atoms. The number of ether oxygens (including phenoxy) is 1. The molecular weight excluding hydrogens is 204 g/mol. The first-order valence-electron chi connectivity index (χ1n) is 5.49. The summed E-state index contributed by atoms with van der Waals surface area (Å²) in [5.74, 6) is 1.89. The Bertz CT molecular complexity index is 502. The molecule has 1 fully saturated rings. The Hall–Kier alpha value is -1.62. The summed E-state index contributed by atoms with van der Waals surface area (Å²) in [4.78, 5) is 14.3. The molecule has 3 heterocycles. The number of nitrogens with one attached hydrogen (secondary N) is 1. The Morgan fingerprint density at radius 2 is 2.06 bits per heavy atom. The molecule has 3 rings (SSSR count). The van der Waals surface area contributed by atoms with E-state index in [0.29, 0.717) is 0 Å². The number of H-pyrrole nitrogens is 1. The van der Waals surface area contributed by atoms with Crippen molar-refractivity contribution in [1.29, 1.82) is 0 Å². The second kappa shape index (κ2) is 3.75. The number of aryl methyl sites for hydroxylation is 1. The Kier molecular flexibility index (Phi) is 2.25. The van der Waals surface area contributed by atoms with Crippen molar-refractivity contribution in [2.24, 2.45) is 0 Å². The minimum Gasteiger partial charge on any atom is -0.378 e. The number of aromatic nitrogens is 3. The maximum absolute atomic E-state index is 5.32. The largest absolute Gasteiger partial charge is 0.378 e. The number of anilines is 1. The average Bonchev–Trinajstić information content (AvgIpc) is 2.69. The van der Waals surface area contributed by atoms with E-state index < -0.39 is 0 Å². The van der Waals surface area contributed by atoms with Crippen molar-refractivity contribution >= 4 is 17.0 Å². The zero-order chi connectivity index (χ0) is 11.0. The van der Waals surface area contributed by atoms with Gasteiger partial charge in [0.2, 0.25) is 0 Å². The summed E-state index contributed by atoms with van der Waals surface area (Å²) in [5, 5.41) is 0. The van der Waals surface area contributed by atoms with E-state index in [1.807, 2.05) is 19.1 Å². The summed E-state index contributed by atoms with van der Waals surface area (Å²) in [5.41, 5.74) is 1.79. The summed E-state index contributed by atoms with van der Waals surface area (Å²) in [6.07, 6.45) is 0. The van der Waals surface area contributed by atoms with Crippen LogP contribution in [0.25, 0.3) is 11.2 Å². The lowest BCUT2D eigenvalue weighted by molar-refractivity contribution is 0.122. The number of hydrogen-bond donors (Lipinski definition) is 1. The monoisotopic (exact) mass is 218 g/mol. The topological polar surface area (TPSA) is 54.0 Å². The van der Waals surface area contributed by atoms with Gasteiger partial charge in [-0.25, -0.2) is 9.97 Å². The molecule has 0 unspecified atom stereocenters. The highest BCUT2D eigenvalue weighted by Gasteiger charge is 2.13. The van der Waals surface area contributed by atoms with Crippen LogP contribution in [0.3, 0.4) is 0 Å².